The minimum absolute atomic E-state index is 0.256. The van der Waals surface area contributed by atoms with Gasteiger partial charge in [0.05, 0.1) is 6.54 Å². The van der Waals surface area contributed by atoms with Gasteiger partial charge in [0.1, 0.15) is 5.60 Å². The van der Waals surface area contributed by atoms with E-state index in [1.54, 1.807) is 4.68 Å². The number of rotatable bonds is 8. The Hall–Kier alpha value is -3.23. The van der Waals surface area contributed by atoms with Crippen molar-refractivity contribution in [1.29, 1.82) is 0 Å². The molecule has 37 heavy (non-hydrogen) atoms. The minimum atomic E-state index is -0.518. The molecule has 0 N–H and O–H groups in total. The van der Waals surface area contributed by atoms with Gasteiger partial charge in [-0.3, -0.25) is 0 Å². The number of nitrogens with zero attached hydrogens (tertiary/aromatic N) is 7. The molecule has 0 bridgehead atoms. The molecule has 0 aliphatic heterocycles. The van der Waals surface area contributed by atoms with Crippen LogP contribution in [0.25, 0.3) is 16.9 Å². The van der Waals surface area contributed by atoms with Gasteiger partial charge in [0, 0.05) is 6.54 Å². The van der Waals surface area contributed by atoms with Gasteiger partial charge in [-0.1, -0.05) is 6.42 Å². The van der Waals surface area contributed by atoms with E-state index < -0.39 is 5.60 Å². The van der Waals surface area contributed by atoms with Crippen molar-refractivity contribution in [3.05, 3.63) is 60.4 Å². The Kier molecular flexibility index (Phi) is 7.31. The predicted octanol–water partition coefficient (Wildman–Crippen LogP) is 3.95. The summed E-state index contributed by atoms with van der Waals surface area (Å²) in [5, 5.41) is 8.63. The van der Waals surface area contributed by atoms with Crippen LogP contribution >= 0.6 is 0 Å². The number of ether oxygens (including phenoxy) is 1. The normalized spacial score (nSPS) is 14.1. The van der Waals surface area contributed by atoms with Crippen molar-refractivity contribution in [1.82, 2.24) is 34.3 Å². The second-order valence-corrected chi connectivity index (χ2v) is 12.5. The zero-order valence-corrected chi connectivity index (χ0v) is 23.5. The van der Waals surface area contributed by atoms with Gasteiger partial charge in [-0.15, -0.1) is 0 Å². The maximum atomic E-state index is 12.9. The molecule has 4 heterocycles. The van der Waals surface area contributed by atoms with Gasteiger partial charge in [0.25, 0.3) is 0 Å². The third-order valence-corrected chi connectivity index (χ3v) is 7.86. The molecule has 4 aromatic rings. The fraction of sp³-hybridized carbons (Fsp3) is 0.444. The Morgan fingerprint density at radius 1 is 1.19 bits per heavy atom. The summed E-state index contributed by atoms with van der Waals surface area (Å²) in [5.74, 6) is 2.73. The van der Waals surface area contributed by atoms with Gasteiger partial charge in [0.2, 0.25) is 0 Å². The van der Waals surface area contributed by atoms with Crippen LogP contribution in [0.1, 0.15) is 51.3 Å². The molecule has 1 aliphatic rings. The van der Waals surface area contributed by atoms with Gasteiger partial charge in [0.15, 0.2) is 0 Å². The molecule has 1 aliphatic carbocycles. The Bertz CT molecular complexity index is 1390. The van der Waals surface area contributed by atoms with Crippen molar-refractivity contribution in [2.45, 2.75) is 64.5 Å². The number of imidazole rings is 1. The summed E-state index contributed by atoms with van der Waals surface area (Å²) in [5.41, 5.74) is 4.03. The van der Waals surface area contributed by atoms with E-state index in [1.165, 1.54) is 23.7 Å². The molecule has 0 unspecified atom stereocenters. The first kappa shape index (κ1) is 25.4. The molecule has 0 aromatic carbocycles. The zero-order chi connectivity index (χ0) is 26.0. The fourth-order valence-corrected chi connectivity index (χ4v) is 5.20. The first-order valence-electron chi connectivity index (χ1n) is 12.6. The van der Waals surface area contributed by atoms with Crippen molar-refractivity contribution in [2.24, 2.45) is 5.92 Å². The van der Waals surface area contributed by atoms with Crippen molar-refractivity contribution in [3.8, 4) is 11.3 Å². The molecule has 10 heteroatoms. The molecule has 0 atom stereocenters. The van der Waals surface area contributed by atoms with E-state index in [2.05, 4.69) is 27.2 Å². The number of pyridine rings is 2. The Morgan fingerprint density at radius 3 is 2.76 bits per heavy atom. The quantitative estimate of drug-likeness (QED) is 0.300. The first-order chi connectivity index (χ1) is 17.8. The molecule has 1 amide bonds. The van der Waals surface area contributed by atoms with Crippen LogP contribution in [0.3, 0.4) is 0 Å². The molecule has 9 nitrogen and oxygen atoms in total. The van der Waals surface area contributed by atoms with Crippen molar-refractivity contribution < 1.29 is 9.53 Å². The average molecular weight is 567 g/mol. The molecule has 4 aromatic heterocycles. The number of carbonyl (C=O) groups excluding carboxylic acids is 1. The number of fused-ring (bicyclic) bond motifs is 1. The summed E-state index contributed by atoms with van der Waals surface area (Å²) in [4.78, 5) is 23.8. The second kappa shape index (κ2) is 10.6. The third kappa shape index (κ3) is 6.37. The van der Waals surface area contributed by atoms with E-state index in [-0.39, 0.29) is 6.09 Å². The Labute approximate surface area is 223 Å². The average Bonchev–Trinajstić information content (AvgIpc) is 3.45. The zero-order valence-electron chi connectivity index (χ0n) is 21.8. The molecular formula is C27H33N7O2Se. The number of hydrogen-bond acceptors (Lipinski definition) is 6. The SMILES string of the molecule is C[Se]c1cncc(-c2cn(Cc3cn4cc(CN(CC5CCC5)C(=O)OC(C)(C)C)ccc4n3)nn2)c1. The van der Waals surface area contributed by atoms with E-state index >= 15 is 0 Å². The molecule has 5 rings (SSSR count). The molecule has 0 saturated heterocycles. The molecule has 194 valence electrons. The van der Waals surface area contributed by atoms with E-state index in [9.17, 15) is 4.79 Å². The van der Waals surface area contributed by atoms with Gasteiger partial charge in [-0.05, 0) is 39.5 Å². The van der Waals surface area contributed by atoms with E-state index in [1.807, 2.05) is 73.2 Å². The number of aromatic nitrogens is 6. The van der Waals surface area contributed by atoms with Crippen LogP contribution in [-0.4, -0.2) is 67.5 Å². The van der Waals surface area contributed by atoms with Crippen molar-refractivity contribution in [2.75, 3.05) is 6.54 Å². The predicted molar refractivity (Wildman–Crippen MR) is 143 cm³/mol. The topological polar surface area (TPSA) is 90.4 Å². The second-order valence-electron chi connectivity index (χ2n) is 10.6. The summed E-state index contributed by atoms with van der Waals surface area (Å²) in [6, 6.07) is 6.15. The summed E-state index contributed by atoms with van der Waals surface area (Å²) >= 11 is 0.384. The van der Waals surface area contributed by atoms with Crippen molar-refractivity contribution >= 4 is 31.2 Å². The summed E-state index contributed by atoms with van der Waals surface area (Å²) < 4.78 is 10.7. The maximum absolute atomic E-state index is 12.9. The van der Waals surface area contributed by atoms with E-state index in [0.717, 1.165) is 34.7 Å². The first-order valence-corrected chi connectivity index (χ1v) is 15.2. The van der Waals surface area contributed by atoms with Crippen molar-refractivity contribution in [3.63, 3.8) is 0 Å². The van der Waals surface area contributed by atoms with E-state index in [4.69, 9.17) is 9.72 Å². The monoisotopic (exact) mass is 567 g/mol. The number of amides is 1. The summed E-state index contributed by atoms with van der Waals surface area (Å²) in [6.45, 7) is 7.47. The van der Waals surface area contributed by atoms with Crippen LogP contribution in [-0.2, 0) is 17.8 Å². The van der Waals surface area contributed by atoms with Crippen LogP contribution in [0.15, 0.2) is 49.2 Å². The van der Waals surface area contributed by atoms with Gasteiger partial charge >= 0.3 is 145 Å². The van der Waals surface area contributed by atoms with Crippen LogP contribution in [0.2, 0.25) is 5.82 Å². The van der Waals surface area contributed by atoms with Gasteiger partial charge < -0.3 is 9.64 Å². The van der Waals surface area contributed by atoms with Crippen LogP contribution in [0.5, 0.6) is 0 Å². The molecule has 0 radical (unpaired) electrons. The third-order valence-electron chi connectivity index (χ3n) is 6.40. The van der Waals surface area contributed by atoms with Crippen LogP contribution < -0.4 is 4.46 Å². The Morgan fingerprint density at radius 2 is 2.03 bits per heavy atom. The fourth-order valence-electron chi connectivity index (χ4n) is 4.34. The molecular weight excluding hydrogens is 533 g/mol. The van der Waals surface area contributed by atoms with Crippen LogP contribution in [0.4, 0.5) is 4.79 Å². The molecule has 1 fully saturated rings. The number of carbonyl (C=O) groups is 1. The van der Waals surface area contributed by atoms with Crippen LogP contribution in [0, 0.1) is 5.92 Å². The summed E-state index contributed by atoms with van der Waals surface area (Å²) in [7, 11) is 0. The molecule has 1 saturated carbocycles. The summed E-state index contributed by atoms with van der Waals surface area (Å²) in [6.07, 6.45) is 13.0. The number of hydrogen-bond donors (Lipinski definition) is 0. The van der Waals surface area contributed by atoms with E-state index in [0.29, 0.717) is 34.0 Å². The molecule has 0 spiro atoms. The standard InChI is InChI=1S/C27H33N7O2Se/c1-27(2,3)36-26(35)33(13-19-6-5-7-19)15-20-8-9-25-29-22(16-32(25)14-20)17-34-18-24(30-31-34)21-10-23(37-4)12-28-11-21/h8-12,14,16,18-19H,5-7,13,15,17H2,1-4H3. The Balaban J connectivity index is 1.30. The van der Waals surface area contributed by atoms with Gasteiger partial charge in [-0.2, -0.15) is 0 Å². The van der Waals surface area contributed by atoms with Gasteiger partial charge in [-0.25, -0.2) is 4.79 Å².